The monoisotopic (exact) mass is 434 g/mol. The fourth-order valence-electron chi connectivity index (χ4n) is 2.52. The average Bonchev–Trinajstić information content (AvgIpc) is 2.64. The lowest BCUT2D eigenvalue weighted by molar-refractivity contribution is -0.140. The van der Waals surface area contributed by atoms with Crippen LogP contribution in [0.4, 0.5) is 0 Å². The maximum Gasteiger partial charge on any atom is 0.321 e. The van der Waals surface area contributed by atoms with E-state index in [2.05, 4.69) is 35.9 Å². The lowest BCUT2D eigenvalue weighted by Crippen LogP contribution is -2.44. The van der Waals surface area contributed by atoms with Gasteiger partial charge in [0.05, 0.1) is 0 Å². The van der Waals surface area contributed by atoms with Gasteiger partial charge in [-0.05, 0) is 52.6 Å². The molecule has 8 heteroatoms. The summed E-state index contributed by atoms with van der Waals surface area (Å²) < 4.78 is 0. The van der Waals surface area contributed by atoms with Crippen molar-refractivity contribution in [1.82, 2.24) is 10.6 Å². The Morgan fingerprint density at radius 1 is 0.821 bits per heavy atom. The van der Waals surface area contributed by atoms with Gasteiger partial charge in [-0.3, -0.25) is 9.59 Å². The molecule has 0 aliphatic heterocycles. The summed E-state index contributed by atoms with van der Waals surface area (Å²) in [6.45, 7) is 7.91. The van der Waals surface area contributed by atoms with E-state index in [4.69, 9.17) is 10.2 Å². The number of carboxylic acid groups (broad SMARTS) is 2. The molecule has 0 aliphatic carbocycles. The molecule has 28 heavy (non-hydrogen) atoms. The molecular weight excluding hydrogens is 396 g/mol. The van der Waals surface area contributed by atoms with Gasteiger partial charge in [-0.15, -0.1) is 0 Å². The molecule has 0 aromatic rings. The van der Waals surface area contributed by atoms with Crippen molar-refractivity contribution in [3.05, 3.63) is 24.3 Å². The number of nitrogens with one attached hydrogen (secondary N) is 2. The van der Waals surface area contributed by atoms with Crippen molar-refractivity contribution in [2.24, 2.45) is 11.8 Å². The van der Waals surface area contributed by atoms with Gasteiger partial charge in [-0.25, -0.2) is 0 Å². The SMILES string of the molecule is C/C=C/C[C@@H](C)[C@@H](S)[C@@H](NC)C(=O)O.C/C=C/C[C@@H](C)[C@@H](S)[C@@H](NC)C(=O)O. The Balaban J connectivity index is 0. The topological polar surface area (TPSA) is 98.7 Å². The first-order valence-corrected chi connectivity index (χ1v) is 10.5. The van der Waals surface area contributed by atoms with Crippen LogP contribution in [0.3, 0.4) is 0 Å². The first-order valence-electron chi connectivity index (χ1n) is 9.47. The normalized spacial score (nSPS) is 18.0. The van der Waals surface area contributed by atoms with Gasteiger partial charge in [0.1, 0.15) is 12.1 Å². The number of allylic oxidation sites excluding steroid dienone is 4. The van der Waals surface area contributed by atoms with Crippen molar-refractivity contribution < 1.29 is 19.8 Å². The number of hydrogen-bond acceptors (Lipinski definition) is 6. The highest BCUT2D eigenvalue weighted by Crippen LogP contribution is 2.19. The first kappa shape index (κ1) is 29.2. The van der Waals surface area contributed by atoms with E-state index in [-0.39, 0.29) is 22.3 Å². The summed E-state index contributed by atoms with van der Waals surface area (Å²) in [4.78, 5) is 21.6. The molecule has 0 saturated heterocycles. The maximum atomic E-state index is 10.8. The predicted molar refractivity (Wildman–Crippen MR) is 124 cm³/mol. The van der Waals surface area contributed by atoms with Crippen LogP contribution in [0.25, 0.3) is 0 Å². The molecule has 0 rings (SSSR count). The van der Waals surface area contributed by atoms with Gasteiger partial charge in [-0.2, -0.15) is 25.3 Å². The van der Waals surface area contributed by atoms with Gasteiger partial charge in [0.15, 0.2) is 0 Å². The van der Waals surface area contributed by atoms with Crippen LogP contribution >= 0.6 is 25.3 Å². The minimum Gasteiger partial charge on any atom is -0.480 e. The summed E-state index contributed by atoms with van der Waals surface area (Å²) in [6, 6.07) is -1.17. The molecule has 0 heterocycles. The molecular formula is C20H38N2O4S2. The van der Waals surface area contributed by atoms with Crippen molar-refractivity contribution in [2.45, 2.75) is 63.1 Å². The van der Waals surface area contributed by atoms with Gasteiger partial charge in [0.2, 0.25) is 0 Å². The second-order valence-corrected chi connectivity index (χ2v) is 7.95. The van der Waals surface area contributed by atoms with Gasteiger partial charge in [0, 0.05) is 10.5 Å². The zero-order valence-electron chi connectivity index (χ0n) is 17.8. The quantitative estimate of drug-likeness (QED) is 0.209. The summed E-state index contributed by atoms with van der Waals surface area (Å²) in [6.07, 6.45) is 9.70. The molecule has 0 saturated carbocycles. The molecule has 0 radical (unpaired) electrons. The summed E-state index contributed by atoms with van der Waals surface area (Å²) >= 11 is 8.67. The number of hydrogen-bond donors (Lipinski definition) is 6. The van der Waals surface area contributed by atoms with Crippen molar-refractivity contribution in [2.75, 3.05) is 14.1 Å². The summed E-state index contributed by atoms with van der Waals surface area (Å²) in [5.74, 6) is -1.22. The largest absolute Gasteiger partial charge is 0.480 e. The molecule has 0 aromatic carbocycles. The standard InChI is InChI=1S/2C10H19NO2S/c2*1-4-5-6-7(2)9(14)8(11-3)10(12)13/h2*4-5,7-9,11,14H,6H2,1-3H3,(H,12,13)/b2*5-4+/t2*7-,8-,9-/m11/s1. The highest BCUT2D eigenvalue weighted by Gasteiger charge is 2.28. The molecule has 6 atom stereocenters. The van der Waals surface area contributed by atoms with Crippen molar-refractivity contribution in [3.8, 4) is 0 Å². The zero-order chi connectivity index (χ0) is 22.3. The molecule has 0 unspecified atom stereocenters. The van der Waals surface area contributed by atoms with Crippen LogP contribution in [0, 0.1) is 11.8 Å². The molecule has 0 spiro atoms. The third-order valence-electron chi connectivity index (χ3n) is 4.49. The lowest BCUT2D eigenvalue weighted by Gasteiger charge is -2.23. The number of thiol groups is 2. The molecule has 0 amide bonds. The van der Waals surface area contributed by atoms with Crippen LogP contribution in [0.5, 0.6) is 0 Å². The van der Waals surface area contributed by atoms with Crippen LogP contribution < -0.4 is 10.6 Å². The van der Waals surface area contributed by atoms with E-state index in [0.29, 0.717) is 0 Å². The third-order valence-corrected chi connectivity index (χ3v) is 6.10. The van der Waals surface area contributed by atoms with E-state index < -0.39 is 24.0 Å². The molecule has 0 fully saturated rings. The third kappa shape index (κ3) is 11.8. The number of carbonyl (C=O) groups is 2. The fourth-order valence-corrected chi connectivity index (χ4v) is 3.31. The van der Waals surface area contributed by atoms with E-state index in [1.54, 1.807) is 14.1 Å². The van der Waals surface area contributed by atoms with Crippen molar-refractivity contribution >= 4 is 37.2 Å². The summed E-state index contributed by atoms with van der Waals surface area (Å²) in [7, 11) is 3.29. The maximum absolute atomic E-state index is 10.8. The average molecular weight is 435 g/mol. The Hall–Kier alpha value is -0.960. The summed E-state index contributed by atoms with van der Waals surface area (Å²) in [5.41, 5.74) is 0. The molecule has 164 valence electrons. The van der Waals surface area contributed by atoms with Crippen LogP contribution in [0.2, 0.25) is 0 Å². The van der Waals surface area contributed by atoms with Gasteiger partial charge in [0.25, 0.3) is 0 Å². The number of rotatable bonds is 12. The summed E-state index contributed by atoms with van der Waals surface area (Å²) in [5, 5.41) is 22.9. The van der Waals surface area contributed by atoms with Crippen molar-refractivity contribution in [3.63, 3.8) is 0 Å². The molecule has 0 aliphatic rings. The van der Waals surface area contributed by atoms with Gasteiger partial charge < -0.3 is 20.8 Å². The van der Waals surface area contributed by atoms with E-state index in [1.165, 1.54) is 0 Å². The number of aliphatic carboxylic acids is 2. The van der Waals surface area contributed by atoms with Crippen LogP contribution in [-0.4, -0.2) is 58.8 Å². The van der Waals surface area contributed by atoms with E-state index >= 15 is 0 Å². The Bertz CT molecular complexity index is 457. The number of carboxylic acids is 2. The first-order chi connectivity index (χ1) is 13.1. The van der Waals surface area contributed by atoms with E-state index in [9.17, 15) is 9.59 Å². The smallest absolute Gasteiger partial charge is 0.321 e. The minimum absolute atomic E-state index is 0.173. The van der Waals surface area contributed by atoms with Crippen LogP contribution in [0.15, 0.2) is 24.3 Å². The van der Waals surface area contributed by atoms with Gasteiger partial charge in [-0.1, -0.05) is 38.2 Å². The van der Waals surface area contributed by atoms with Gasteiger partial charge >= 0.3 is 11.9 Å². The second-order valence-electron chi connectivity index (χ2n) is 6.75. The Labute approximate surface area is 181 Å². The Morgan fingerprint density at radius 2 is 1.11 bits per heavy atom. The highest BCUT2D eigenvalue weighted by atomic mass is 32.1. The van der Waals surface area contributed by atoms with Crippen molar-refractivity contribution in [1.29, 1.82) is 0 Å². The fraction of sp³-hybridized carbons (Fsp3) is 0.700. The lowest BCUT2D eigenvalue weighted by atomic mass is 9.97. The van der Waals surface area contributed by atoms with Crippen LogP contribution in [0.1, 0.15) is 40.5 Å². The minimum atomic E-state index is -0.847. The Morgan fingerprint density at radius 3 is 1.29 bits per heavy atom. The van der Waals surface area contributed by atoms with E-state index in [1.807, 2.05) is 52.0 Å². The Kier molecular flexibility index (Phi) is 17.7. The van der Waals surface area contributed by atoms with Crippen LogP contribution in [-0.2, 0) is 9.59 Å². The molecule has 4 N–H and O–H groups in total. The molecule has 0 bridgehead atoms. The molecule has 0 aromatic heterocycles. The van der Waals surface area contributed by atoms with E-state index in [0.717, 1.165) is 12.8 Å². The number of likely N-dealkylation sites (N-methyl/N-ethyl adjacent to an activating group) is 2. The highest BCUT2D eigenvalue weighted by molar-refractivity contribution is 7.81. The molecule has 6 nitrogen and oxygen atoms in total. The zero-order valence-corrected chi connectivity index (χ0v) is 19.6. The predicted octanol–water partition coefficient (Wildman–Crippen LogP) is 3.12. The second kappa shape index (κ2) is 16.9.